The molecule has 1 aromatic heterocycles. The lowest BCUT2D eigenvalue weighted by molar-refractivity contribution is -0.141. The Labute approximate surface area is 207 Å². The maximum atomic E-state index is 13.7. The van der Waals surface area contributed by atoms with Crippen LogP contribution in [0, 0.1) is 11.8 Å². The molecule has 1 heterocycles. The number of hydrogen-bond donors (Lipinski definition) is 4. The molecule has 0 saturated heterocycles. The summed E-state index contributed by atoms with van der Waals surface area (Å²) in [6, 6.07) is 0. The Balaban J connectivity index is 2.21. The highest BCUT2D eigenvalue weighted by atomic mass is 19.3. The van der Waals surface area contributed by atoms with E-state index < -0.39 is 35.4 Å². The smallest absolute Gasteiger partial charge is 0.313 e. The Morgan fingerprint density at radius 1 is 1.19 bits per heavy atom. The van der Waals surface area contributed by atoms with E-state index in [-0.39, 0.29) is 40.5 Å². The van der Waals surface area contributed by atoms with E-state index in [4.69, 9.17) is 15.6 Å². The summed E-state index contributed by atoms with van der Waals surface area (Å²) in [4.78, 5) is 44.5. The van der Waals surface area contributed by atoms with Crippen molar-refractivity contribution in [2.45, 2.75) is 46.6 Å². The quantitative estimate of drug-likeness (QED) is 0.262. The van der Waals surface area contributed by atoms with E-state index in [1.807, 2.05) is 13.8 Å². The Morgan fingerprint density at radius 3 is 2.33 bits per heavy atom. The number of alkyl halides is 2. The summed E-state index contributed by atoms with van der Waals surface area (Å²) in [6.07, 6.45) is 5.33. The Kier molecular flexibility index (Phi) is 8.68. The molecule has 2 atom stereocenters. The highest BCUT2D eigenvalue weighted by Crippen LogP contribution is 2.55. The van der Waals surface area contributed by atoms with Crippen LogP contribution in [-0.2, 0) is 14.4 Å². The number of ether oxygens (including phenoxy) is 1. The minimum atomic E-state index is -3.64. The summed E-state index contributed by atoms with van der Waals surface area (Å²) in [5, 5.41) is 14.0. The lowest BCUT2D eigenvalue weighted by Crippen LogP contribution is -2.27. The Morgan fingerprint density at radius 2 is 1.83 bits per heavy atom. The van der Waals surface area contributed by atoms with Crippen molar-refractivity contribution in [1.29, 1.82) is 0 Å². The molecule has 194 valence electrons. The number of amides is 1. The molecule has 0 bridgehead atoms. The largest absolute Gasteiger partial charge is 0.481 e. The van der Waals surface area contributed by atoms with Crippen molar-refractivity contribution >= 4 is 23.5 Å². The maximum Gasteiger partial charge on any atom is 0.313 e. The van der Waals surface area contributed by atoms with Gasteiger partial charge in [-0.05, 0) is 51.8 Å². The van der Waals surface area contributed by atoms with Crippen LogP contribution in [-0.4, -0.2) is 44.8 Å². The summed E-state index contributed by atoms with van der Waals surface area (Å²) in [6.45, 7) is 11.8. The molecule has 0 aromatic carbocycles. The lowest BCUT2D eigenvalue weighted by Gasteiger charge is -2.13. The predicted octanol–water partition coefficient (Wildman–Crippen LogP) is 2.92. The molecule has 10 nitrogen and oxygen atoms in total. The fraction of sp³-hybridized carbons (Fsp3) is 0.375. The molecule has 1 aromatic rings. The zero-order valence-electron chi connectivity index (χ0n) is 20.6. The summed E-state index contributed by atoms with van der Waals surface area (Å²) in [5.41, 5.74) is 6.62. The molecule has 1 amide bonds. The Hall–Kier alpha value is -4.09. The van der Waals surface area contributed by atoms with Gasteiger partial charge in [0.1, 0.15) is 17.5 Å². The standard InChI is InChI=1S/C24H29F2N5O5/c1-11(2)15(29-22(33)18-19(23(34)35)24(18,25)26)8-7-13(5)21(32)20(14(6)27)31-16-9-28-10-17(30-16)36-12(3)4/h7-10,12,18-19H,1,27H2,2-6H3,(H,29,33)(H,30,31)(H,34,35)/b13-7+,15-8+,20-14+. The molecule has 0 radical (unpaired) electrons. The van der Waals surface area contributed by atoms with Crippen molar-refractivity contribution in [3.63, 3.8) is 0 Å². The number of hydrogen-bond acceptors (Lipinski definition) is 8. The summed E-state index contributed by atoms with van der Waals surface area (Å²) < 4.78 is 32.9. The van der Waals surface area contributed by atoms with Crippen LogP contribution in [0.15, 0.2) is 59.4 Å². The summed E-state index contributed by atoms with van der Waals surface area (Å²) in [7, 11) is 0. The van der Waals surface area contributed by atoms with Gasteiger partial charge >= 0.3 is 5.97 Å². The number of Topliss-reactive ketones (excluding diaryl/α,β-unsaturated/α-hetero) is 1. The number of anilines is 1. The van der Waals surface area contributed by atoms with E-state index in [9.17, 15) is 23.2 Å². The van der Waals surface area contributed by atoms with Crippen LogP contribution in [0.5, 0.6) is 5.88 Å². The zero-order chi connectivity index (χ0) is 27.4. The molecule has 1 saturated carbocycles. The number of nitrogens with one attached hydrogen (secondary N) is 2. The molecule has 36 heavy (non-hydrogen) atoms. The number of carboxylic acid groups (broad SMARTS) is 1. The average molecular weight is 506 g/mol. The van der Waals surface area contributed by atoms with Crippen molar-refractivity contribution < 1.29 is 33.0 Å². The van der Waals surface area contributed by atoms with Crippen molar-refractivity contribution in [3.05, 3.63) is 59.4 Å². The molecular formula is C24H29F2N5O5. The molecule has 1 aliphatic carbocycles. The molecule has 0 aliphatic heterocycles. The van der Waals surface area contributed by atoms with Gasteiger partial charge in [-0.25, -0.2) is 8.78 Å². The van der Waals surface area contributed by atoms with Gasteiger partial charge in [-0.1, -0.05) is 12.7 Å². The van der Waals surface area contributed by atoms with Crippen LogP contribution in [0.1, 0.15) is 34.6 Å². The topological polar surface area (TPSA) is 157 Å². The lowest BCUT2D eigenvalue weighted by atomic mass is 10.1. The molecule has 5 N–H and O–H groups in total. The van der Waals surface area contributed by atoms with E-state index in [1.165, 1.54) is 45.3 Å². The van der Waals surface area contributed by atoms with Crippen LogP contribution >= 0.6 is 0 Å². The van der Waals surface area contributed by atoms with Crippen LogP contribution in [0.4, 0.5) is 14.6 Å². The number of nitrogens with zero attached hydrogens (tertiary/aromatic N) is 2. The molecule has 2 rings (SSSR count). The van der Waals surface area contributed by atoms with Gasteiger partial charge in [-0.2, -0.15) is 4.98 Å². The number of nitrogens with two attached hydrogens (primary N) is 1. The van der Waals surface area contributed by atoms with Crippen LogP contribution in [0.2, 0.25) is 0 Å². The third-order valence-corrected chi connectivity index (χ3v) is 5.02. The number of rotatable bonds is 11. The van der Waals surface area contributed by atoms with E-state index in [1.54, 1.807) is 0 Å². The maximum absolute atomic E-state index is 13.7. The van der Waals surface area contributed by atoms with Gasteiger partial charge in [0.15, 0.2) is 5.82 Å². The first-order chi connectivity index (χ1) is 16.7. The normalized spacial score (nSPS) is 19.8. The Bertz CT molecular complexity index is 1170. The number of halogens is 2. The minimum absolute atomic E-state index is 0.0241. The van der Waals surface area contributed by atoms with Crippen molar-refractivity contribution in [1.82, 2.24) is 15.3 Å². The molecule has 1 aliphatic rings. The summed E-state index contributed by atoms with van der Waals surface area (Å²) >= 11 is 0. The van der Waals surface area contributed by atoms with Crippen LogP contribution in [0.3, 0.4) is 0 Å². The van der Waals surface area contributed by atoms with Crippen molar-refractivity contribution in [2.75, 3.05) is 5.32 Å². The highest BCUT2D eigenvalue weighted by Gasteiger charge is 2.76. The SMILES string of the molecule is C=C(C)/C(=C\C=C(/C)C(=O)/C(Nc1cncc(OC(C)C)n1)=C(/C)N)NC(=O)C1C(C(=O)O)C1(F)F. The number of aromatic nitrogens is 2. The second kappa shape index (κ2) is 11.1. The first-order valence-corrected chi connectivity index (χ1v) is 10.9. The second-order valence-electron chi connectivity index (χ2n) is 8.59. The molecule has 12 heteroatoms. The molecular weight excluding hydrogens is 476 g/mol. The molecule has 0 spiro atoms. The first-order valence-electron chi connectivity index (χ1n) is 10.9. The van der Waals surface area contributed by atoms with Gasteiger partial charge in [0.25, 0.3) is 5.92 Å². The molecule has 2 unspecified atom stereocenters. The van der Waals surface area contributed by atoms with E-state index in [0.717, 1.165) is 0 Å². The average Bonchev–Trinajstić information content (AvgIpc) is 3.36. The van der Waals surface area contributed by atoms with Gasteiger partial charge < -0.3 is 26.2 Å². The fourth-order valence-electron chi connectivity index (χ4n) is 3.11. The number of ketones is 1. The zero-order valence-corrected chi connectivity index (χ0v) is 20.6. The van der Waals surface area contributed by atoms with Gasteiger partial charge in [-0.3, -0.25) is 19.4 Å². The monoisotopic (exact) mass is 505 g/mol. The van der Waals surface area contributed by atoms with Gasteiger partial charge in [0.05, 0.1) is 18.5 Å². The van der Waals surface area contributed by atoms with Crippen molar-refractivity contribution in [2.24, 2.45) is 17.6 Å². The fourth-order valence-corrected chi connectivity index (χ4v) is 3.11. The number of carbonyl (C=O) groups is 3. The third kappa shape index (κ3) is 6.74. The second-order valence-corrected chi connectivity index (χ2v) is 8.59. The van der Waals surface area contributed by atoms with E-state index >= 15 is 0 Å². The summed E-state index contributed by atoms with van der Waals surface area (Å²) in [5.74, 6) is -10.6. The number of carboxylic acids is 1. The third-order valence-electron chi connectivity index (χ3n) is 5.02. The number of aliphatic carboxylic acids is 1. The van der Waals surface area contributed by atoms with Crippen LogP contribution < -0.4 is 21.1 Å². The minimum Gasteiger partial charge on any atom is -0.481 e. The van der Waals surface area contributed by atoms with E-state index in [0.29, 0.717) is 5.57 Å². The van der Waals surface area contributed by atoms with Gasteiger partial charge in [-0.15, -0.1) is 0 Å². The van der Waals surface area contributed by atoms with Gasteiger partial charge in [0, 0.05) is 11.4 Å². The predicted molar refractivity (Wildman–Crippen MR) is 128 cm³/mol. The van der Waals surface area contributed by atoms with E-state index in [2.05, 4.69) is 27.2 Å². The van der Waals surface area contributed by atoms with Crippen molar-refractivity contribution in [3.8, 4) is 5.88 Å². The number of allylic oxidation sites excluding steroid dienone is 5. The molecule has 1 fully saturated rings. The van der Waals surface area contributed by atoms with Crippen LogP contribution in [0.25, 0.3) is 0 Å². The number of carbonyl (C=O) groups excluding carboxylic acids is 2. The highest BCUT2D eigenvalue weighted by molar-refractivity contribution is 6.10. The first kappa shape index (κ1) is 28.1. The van der Waals surface area contributed by atoms with Gasteiger partial charge in [0.2, 0.25) is 17.6 Å².